The molecule has 0 fully saturated rings. The van der Waals surface area contributed by atoms with Gasteiger partial charge in [-0.2, -0.15) is 0 Å². The van der Waals surface area contributed by atoms with E-state index in [9.17, 15) is 13.6 Å². The van der Waals surface area contributed by atoms with Gasteiger partial charge < -0.3 is 0 Å². The van der Waals surface area contributed by atoms with E-state index in [1.54, 1.807) is 24.3 Å². The van der Waals surface area contributed by atoms with Crippen LogP contribution in [0.5, 0.6) is 0 Å². The number of benzene rings is 2. The average Bonchev–Trinajstić information content (AvgIpc) is 2.52. The molecule has 0 aliphatic rings. The first kappa shape index (κ1) is 13.3. The molecule has 0 amide bonds. The van der Waals surface area contributed by atoms with E-state index in [-0.39, 0.29) is 16.8 Å². The van der Waals surface area contributed by atoms with E-state index in [0.717, 1.165) is 0 Å². The monoisotopic (exact) mass is 284 g/mol. The average molecular weight is 284 g/mol. The van der Waals surface area contributed by atoms with Crippen LogP contribution in [0.25, 0.3) is 11.0 Å². The molecule has 0 N–H and O–H groups in total. The van der Waals surface area contributed by atoms with E-state index >= 15 is 0 Å². The maximum absolute atomic E-state index is 13.9. The van der Waals surface area contributed by atoms with Crippen LogP contribution in [0.2, 0.25) is 0 Å². The van der Waals surface area contributed by atoms with E-state index < -0.39 is 17.4 Å². The summed E-state index contributed by atoms with van der Waals surface area (Å²) < 4.78 is 27.4. The van der Waals surface area contributed by atoms with Crippen molar-refractivity contribution < 1.29 is 13.6 Å². The van der Waals surface area contributed by atoms with Crippen LogP contribution in [0, 0.1) is 18.6 Å². The van der Waals surface area contributed by atoms with Crippen molar-refractivity contribution in [2.75, 3.05) is 0 Å². The third kappa shape index (κ3) is 2.27. The Labute approximate surface area is 119 Å². The molecule has 21 heavy (non-hydrogen) atoms. The summed E-state index contributed by atoms with van der Waals surface area (Å²) in [6.45, 7) is 1.43. The summed E-state index contributed by atoms with van der Waals surface area (Å²) in [7, 11) is 0. The van der Waals surface area contributed by atoms with Crippen molar-refractivity contribution in [3.05, 3.63) is 71.1 Å². The van der Waals surface area contributed by atoms with Gasteiger partial charge in [0.15, 0.2) is 11.6 Å². The Hall–Kier alpha value is -2.69. The van der Waals surface area contributed by atoms with Crippen LogP contribution in [0.15, 0.2) is 42.6 Å². The van der Waals surface area contributed by atoms with Gasteiger partial charge in [-0.25, -0.2) is 13.8 Å². The van der Waals surface area contributed by atoms with Crippen molar-refractivity contribution in [3.8, 4) is 0 Å². The third-order valence-electron chi connectivity index (χ3n) is 3.20. The predicted octanol–water partition coefficient (Wildman–Crippen LogP) is 3.45. The number of fused-ring (bicyclic) bond motifs is 1. The highest BCUT2D eigenvalue weighted by molar-refractivity contribution is 6.08. The molecular weight excluding hydrogens is 274 g/mol. The number of halogens is 2. The minimum absolute atomic E-state index is 0.0177. The molecule has 0 saturated carbocycles. The van der Waals surface area contributed by atoms with Crippen LogP contribution in [0.4, 0.5) is 8.78 Å². The lowest BCUT2D eigenvalue weighted by Crippen LogP contribution is -2.09. The summed E-state index contributed by atoms with van der Waals surface area (Å²) in [6, 6.07) is 9.63. The first-order chi connectivity index (χ1) is 10.1. The zero-order chi connectivity index (χ0) is 15.0. The quantitative estimate of drug-likeness (QED) is 0.677. The molecule has 5 heteroatoms. The molecule has 0 atom stereocenters. The van der Waals surface area contributed by atoms with E-state index in [1.807, 2.05) is 0 Å². The van der Waals surface area contributed by atoms with Gasteiger partial charge in [-0.1, -0.05) is 18.2 Å². The minimum atomic E-state index is -1.16. The maximum Gasteiger partial charge on any atom is 0.216 e. The van der Waals surface area contributed by atoms with Crippen LogP contribution in [0.1, 0.15) is 21.6 Å². The topological polar surface area (TPSA) is 42.9 Å². The number of nitrogens with zero attached hydrogens (tertiary/aromatic N) is 2. The number of hydrogen-bond acceptors (Lipinski definition) is 3. The summed E-state index contributed by atoms with van der Waals surface area (Å²) in [5, 5.41) is 0. The molecule has 2 aromatic carbocycles. The highest BCUT2D eigenvalue weighted by Crippen LogP contribution is 2.19. The summed E-state index contributed by atoms with van der Waals surface area (Å²) in [5.41, 5.74) is 0.938. The van der Waals surface area contributed by atoms with Crippen LogP contribution >= 0.6 is 0 Å². The van der Waals surface area contributed by atoms with Gasteiger partial charge in [-0.05, 0) is 30.7 Å². The molecule has 3 aromatic rings. The van der Waals surface area contributed by atoms with Crippen molar-refractivity contribution in [3.63, 3.8) is 0 Å². The fourth-order valence-corrected chi connectivity index (χ4v) is 2.03. The number of carbonyl (C=O) groups excluding carboxylic acids is 1. The third-order valence-corrected chi connectivity index (χ3v) is 3.20. The maximum atomic E-state index is 13.9. The Morgan fingerprint density at radius 3 is 2.48 bits per heavy atom. The zero-order valence-corrected chi connectivity index (χ0v) is 11.1. The summed E-state index contributed by atoms with van der Waals surface area (Å²) >= 11 is 0. The fourth-order valence-electron chi connectivity index (χ4n) is 2.03. The molecule has 0 aliphatic carbocycles. The Balaban J connectivity index is 2.10. The number of rotatable bonds is 2. The lowest BCUT2D eigenvalue weighted by molar-refractivity contribution is 0.102. The molecule has 0 bridgehead atoms. The lowest BCUT2D eigenvalue weighted by atomic mass is 10.1. The standard InChI is InChI=1S/C16H10F2N2O/c1-9-6-7-10(15(18)14(9)17)16(21)13-8-19-11-4-2-3-5-12(11)20-13/h2-8H,1H3. The largest absolute Gasteiger partial charge is 0.287 e. The Kier molecular flexibility index (Phi) is 3.17. The molecule has 0 spiro atoms. The number of hydrogen-bond donors (Lipinski definition) is 0. The van der Waals surface area contributed by atoms with Gasteiger partial charge in [0.05, 0.1) is 22.8 Å². The molecule has 0 radical (unpaired) electrons. The minimum Gasteiger partial charge on any atom is -0.287 e. The Morgan fingerprint density at radius 2 is 1.71 bits per heavy atom. The van der Waals surface area contributed by atoms with Crippen molar-refractivity contribution in [1.82, 2.24) is 9.97 Å². The van der Waals surface area contributed by atoms with Gasteiger partial charge >= 0.3 is 0 Å². The van der Waals surface area contributed by atoms with E-state index in [4.69, 9.17) is 0 Å². The SMILES string of the molecule is Cc1ccc(C(=O)c2cnc3ccccc3n2)c(F)c1F. The van der Waals surface area contributed by atoms with Gasteiger partial charge in [0.2, 0.25) is 5.78 Å². The molecule has 3 nitrogen and oxygen atoms in total. The Bertz CT molecular complexity index is 862. The normalized spacial score (nSPS) is 10.8. The van der Waals surface area contributed by atoms with Crippen molar-refractivity contribution >= 4 is 16.8 Å². The van der Waals surface area contributed by atoms with Gasteiger partial charge in [0.1, 0.15) is 5.69 Å². The number of ketones is 1. The molecule has 0 saturated heterocycles. The fraction of sp³-hybridized carbons (Fsp3) is 0.0625. The summed E-state index contributed by atoms with van der Waals surface area (Å²) in [5.74, 6) is -2.87. The molecule has 1 heterocycles. The number of aryl methyl sites for hydroxylation is 1. The molecule has 0 unspecified atom stereocenters. The molecule has 0 aliphatic heterocycles. The first-order valence-electron chi connectivity index (χ1n) is 6.29. The molecule has 104 valence electrons. The number of carbonyl (C=O) groups is 1. The number of aromatic nitrogens is 2. The zero-order valence-electron chi connectivity index (χ0n) is 11.1. The second kappa shape index (κ2) is 5.01. The van der Waals surface area contributed by atoms with Gasteiger partial charge in [0.25, 0.3) is 0 Å². The van der Waals surface area contributed by atoms with E-state index in [0.29, 0.717) is 11.0 Å². The van der Waals surface area contributed by atoms with Crippen molar-refractivity contribution in [2.24, 2.45) is 0 Å². The van der Waals surface area contributed by atoms with Crippen molar-refractivity contribution in [1.29, 1.82) is 0 Å². The van der Waals surface area contributed by atoms with Gasteiger partial charge in [0, 0.05) is 0 Å². The van der Waals surface area contributed by atoms with Crippen molar-refractivity contribution in [2.45, 2.75) is 6.92 Å². The lowest BCUT2D eigenvalue weighted by Gasteiger charge is -2.05. The van der Waals surface area contributed by atoms with Gasteiger partial charge in [-0.15, -0.1) is 0 Å². The van der Waals surface area contributed by atoms with E-state index in [2.05, 4.69) is 9.97 Å². The molecular formula is C16H10F2N2O. The highest BCUT2D eigenvalue weighted by atomic mass is 19.2. The second-order valence-corrected chi connectivity index (χ2v) is 4.63. The van der Waals surface area contributed by atoms with Crippen LogP contribution in [-0.2, 0) is 0 Å². The second-order valence-electron chi connectivity index (χ2n) is 4.63. The van der Waals surface area contributed by atoms with Crippen LogP contribution in [0.3, 0.4) is 0 Å². The van der Waals surface area contributed by atoms with Crippen LogP contribution < -0.4 is 0 Å². The Morgan fingerprint density at radius 1 is 1.00 bits per heavy atom. The summed E-state index contributed by atoms with van der Waals surface area (Å²) in [4.78, 5) is 20.5. The summed E-state index contributed by atoms with van der Waals surface area (Å²) in [6.07, 6.45) is 1.27. The highest BCUT2D eigenvalue weighted by Gasteiger charge is 2.20. The predicted molar refractivity (Wildman–Crippen MR) is 74.1 cm³/mol. The van der Waals surface area contributed by atoms with Gasteiger partial charge in [-0.3, -0.25) is 9.78 Å². The van der Waals surface area contributed by atoms with E-state index in [1.165, 1.54) is 25.3 Å². The number of para-hydroxylation sites is 2. The smallest absolute Gasteiger partial charge is 0.216 e. The first-order valence-corrected chi connectivity index (χ1v) is 6.29. The van der Waals surface area contributed by atoms with Crippen LogP contribution in [-0.4, -0.2) is 15.8 Å². The molecule has 3 rings (SSSR count). The molecule has 1 aromatic heterocycles.